The summed E-state index contributed by atoms with van der Waals surface area (Å²) in [5, 5.41) is 3.53. The molecule has 2 aromatic rings. The molecule has 0 bridgehead atoms. The van der Waals surface area contributed by atoms with Crippen LogP contribution in [0.2, 0.25) is 0 Å². The van der Waals surface area contributed by atoms with Crippen LogP contribution in [0, 0.1) is 5.82 Å². The number of nitrogens with one attached hydrogen (secondary N) is 1. The maximum Gasteiger partial charge on any atom is 0.141 e. The van der Waals surface area contributed by atoms with Crippen LogP contribution in [0.3, 0.4) is 0 Å². The minimum atomic E-state index is -0.297. The van der Waals surface area contributed by atoms with Gasteiger partial charge in [0, 0.05) is 37.9 Å². The molecule has 1 aromatic carbocycles. The molecule has 0 unspecified atom stereocenters. The van der Waals surface area contributed by atoms with Crippen molar-refractivity contribution in [2.24, 2.45) is 0 Å². The lowest BCUT2D eigenvalue weighted by Crippen LogP contribution is -2.43. The highest BCUT2D eigenvalue weighted by Crippen LogP contribution is 2.22. The van der Waals surface area contributed by atoms with E-state index in [4.69, 9.17) is 4.74 Å². The van der Waals surface area contributed by atoms with E-state index in [1.807, 2.05) is 13.0 Å². The standard InChI is InChI=1S/C19H24FN3O/c1-15(17-11-18(20)13-21-12-17)22-14-19(16-5-3-2-4-6-16)23-7-9-24-10-8-23/h2-6,11-13,15,19,22H,7-10,14H2,1H3/t15-,19+/m0/s1. The highest BCUT2D eigenvalue weighted by molar-refractivity contribution is 5.20. The summed E-state index contributed by atoms with van der Waals surface area (Å²) < 4.78 is 18.9. The number of pyridine rings is 1. The first-order valence-corrected chi connectivity index (χ1v) is 8.44. The molecule has 1 N–H and O–H groups in total. The molecule has 0 spiro atoms. The largest absolute Gasteiger partial charge is 0.379 e. The Morgan fingerprint density at radius 2 is 1.92 bits per heavy atom. The Labute approximate surface area is 142 Å². The zero-order chi connectivity index (χ0) is 16.8. The van der Waals surface area contributed by atoms with Crippen molar-refractivity contribution in [2.75, 3.05) is 32.8 Å². The quantitative estimate of drug-likeness (QED) is 0.884. The molecule has 4 nitrogen and oxygen atoms in total. The van der Waals surface area contributed by atoms with Crippen LogP contribution in [0.5, 0.6) is 0 Å². The highest BCUT2D eigenvalue weighted by Gasteiger charge is 2.23. The van der Waals surface area contributed by atoms with Gasteiger partial charge in [0.15, 0.2) is 0 Å². The maximum absolute atomic E-state index is 13.4. The van der Waals surface area contributed by atoms with Crippen LogP contribution in [-0.2, 0) is 4.74 Å². The Balaban J connectivity index is 1.69. The van der Waals surface area contributed by atoms with E-state index in [0.717, 1.165) is 38.4 Å². The molecule has 1 aliphatic heterocycles. The topological polar surface area (TPSA) is 37.4 Å². The van der Waals surface area contributed by atoms with Gasteiger partial charge in [0.1, 0.15) is 5.82 Å². The van der Waals surface area contributed by atoms with Crippen LogP contribution in [0.4, 0.5) is 4.39 Å². The number of aromatic nitrogens is 1. The van der Waals surface area contributed by atoms with E-state index in [1.165, 1.54) is 17.8 Å². The molecule has 2 heterocycles. The van der Waals surface area contributed by atoms with Crippen LogP contribution < -0.4 is 5.32 Å². The van der Waals surface area contributed by atoms with Gasteiger partial charge in [-0.05, 0) is 24.1 Å². The molecule has 24 heavy (non-hydrogen) atoms. The van der Waals surface area contributed by atoms with Crippen molar-refractivity contribution in [1.29, 1.82) is 0 Å². The average Bonchev–Trinajstić information content (AvgIpc) is 2.63. The Morgan fingerprint density at radius 3 is 2.62 bits per heavy atom. The van der Waals surface area contributed by atoms with E-state index in [-0.39, 0.29) is 17.9 Å². The van der Waals surface area contributed by atoms with Gasteiger partial charge in [-0.25, -0.2) is 4.39 Å². The second-order valence-corrected chi connectivity index (χ2v) is 6.14. The van der Waals surface area contributed by atoms with Crippen molar-refractivity contribution in [1.82, 2.24) is 15.2 Å². The summed E-state index contributed by atoms with van der Waals surface area (Å²) in [5.74, 6) is -0.297. The van der Waals surface area contributed by atoms with Gasteiger partial charge in [0.2, 0.25) is 0 Å². The summed E-state index contributed by atoms with van der Waals surface area (Å²) in [6.45, 7) is 6.23. The van der Waals surface area contributed by atoms with Gasteiger partial charge in [-0.15, -0.1) is 0 Å². The molecule has 0 saturated carbocycles. The monoisotopic (exact) mass is 329 g/mol. The number of rotatable bonds is 6. The second-order valence-electron chi connectivity index (χ2n) is 6.14. The van der Waals surface area contributed by atoms with Gasteiger partial charge >= 0.3 is 0 Å². The zero-order valence-electron chi connectivity index (χ0n) is 14.0. The van der Waals surface area contributed by atoms with Crippen LogP contribution in [0.25, 0.3) is 0 Å². The lowest BCUT2D eigenvalue weighted by atomic mass is 10.0. The fourth-order valence-corrected chi connectivity index (χ4v) is 3.09. The lowest BCUT2D eigenvalue weighted by molar-refractivity contribution is 0.0157. The first-order chi connectivity index (χ1) is 11.7. The predicted octanol–water partition coefficient (Wildman–Crippen LogP) is 2.94. The number of benzene rings is 1. The van der Waals surface area contributed by atoms with Crippen LogP contribution in [-0.4, -0.2) is 42.7 Å². The Hall–Kier alpha value is -1.82. The smallest absolute Gasteiger partial charge is 0.141 e. The van der Waals surface area contributed by atoms with Gasteiger partial charge in [0.05, 0.1) is 19.4 Å². The van der Waals surface area contributed by atoms with Crippen molar-refractivity contribution in [2.45, 2.75) is 19.0 Å². The summed E-state index contributed by atoms with van der Waals surface area (Å²) in [7, 11) is 0. The third-order valence-corrected chi connectivity index (χ3v) is 4.51. The van der Waals surface area contributed by atoms with E-state index in [2.05, 4.69) is 39.5 Å². The molecule has 1 fully saturated rings. The molecule has 0 amide bonds. The Morgan fingerprint density at radius 1 is 1.17 bits per heavy atom. The molecule has 2 atom stereocenters. The van der Waals surface area contributed by atoms with E-state index >= 15 is 0 Å². The maximum atomic E-state index is 13.4. The summed E-state index contributed by atoms with van der Waals surface area (Å²) in [6.07, 6.45) is 2.95. The molecule has 128 valence electrons. The summed E-state index contributed by atoms with van der Waals surface area (Å²) >= 11 is 0. The van der Waals surface area contributed by atoms with Gasteiger partial charge in [0.25, 0.3) is 0 Å². The average molecular weight is 329 g/mol. The molecule has 0 aliphatic carbocycles. The number of hydrogen-bond donors (Lipinski definition) is 1. The van der Waals surface area contributed by atoms with Crippen LogP contribution in [0.15, 0.2) is 48.8 Å². The van der Waals surface area contributed by atoms with Crippen molar-refractivity contribution >= 4 is 0 Å². The molecular weight excluding hydrogens is 305 g/mol. The van der Waals surface area contributed by atoms with E-state index in [1.54, 1.807) is 6.20 Å². The van der Waals surface area contributed by atoms with E-state index in [0.29, 0.717) is 0 Å². The van der Waals surface area contributed by atoms with Crippen molar-refractivity contribution < 1.29 is 9.13 Å². The molecule has 3 rings (SSSR count). The Kier molecular flexibility index (Phi) is 5.91. The fraction of sp³-hybridized carbons (Fsp3) is 0.421. The first kappa shape index (κ1) is 17.0. The molecule has 1 aromatic heterocycles. The van der Waals surface area contributed by atoms with Gasteiger partial charge < -0.3 is 10.1 Å². The minimum absolute atomic E-state index is 0.0421. The van der Waals surface area contributed by atoms with E-state index < -0.39 is 0 Å². The summed E-state index contributed by atoms with van der Waals surface area (Å²) in [4.78, 5) is 6.39. The van der Waals surface area contributed by atoms with Crippen molar-refractivity contribution in [3.8, 4) is 0 Å². The van der Waals surface area contributed by atoms with Gasteiger partial charge in [-0.2, -0.15) is 0 Å². The molecule has 1 saturated heterocycles. The van der Waals surface area contributed by atoms with E-state index in [9.17, 15) is 4.39 Å². The normalized spacial score (nSPS) is 18.2. The Bertz CT molecular complexity index is 632. The summed E-state index contributed by atoms with van der Waals surface area (Å²) in [5.41, 5.74) is 2.15. The first-order valence-electron chi connectivity index (χ1n) is 8.44. The van der Waals surface area contributed by atoms with Gasteiger partial charge in [-0.3, -0.25) is 9.88 Å². The number of hydrogen-bond acceptors (Lipinski definition) is 4. The molecular formula is C19H24FN3O. The molecule has 5 heteroatoms. The number of morpholine rings is 1. The molecule has 0 radical (unpaired) electrons. The predicted molar refractivity (Wildman–Crippen MR) is 92.2 cm³/mol. The van der Waals surface area contributed by atoms with Crippen molar-refractivity contribution in [3.63, 3.8) is 0 Å². The zero-order valence-corrected chi connectivity index (χ0v) is 14.0. The number of nitrogens with zero attached hydrogens (tertiary/aromatic N) is 2. The second kappa shape index (κ2) is 8.33. The van der Waals surface area contributed by atoms with Crippen molar-refractivity contribution in [3.05, 3.63) is 65.7 Å². The van der Waals surface area contributed by atoms with Crippen LogP contribution in [0.1, 0.15) is 30.1 Å². The number of halogens is 1. The third-order valence-electron chi connectivity index (χ3n) is 4.51. The third kappa shape index (κ3) is 4.38. The fourth-order valence-electron chi connectivity index (χ4n) is 3.09. The summed E-state index contributed by atoms with van der Waals surface area (Å²) in [6, 6.07) is 12.4. The van der Waals surface area contributed by atoms with Crippen LogP contribution >= 0.6 is 0 Å². The van der Waals surface area contributed by atoms with Gasteiger partial charge in [-0.1, -0.05) is 30.3 Å². The molecule has 1 aliphatic rings. The lowest BCUT2D eigenvalue weighted by Gasteiger charge is -2.35. The minimum Gasteiger partial charge on any atom is -0.379 e. The highest BCUT2D eigenvalue weighted by atomic mass is 19.1. The number of ether oxygens (including phenoxy) is 1. The SMILES string of the molecule is C[C@H](NC[C@H](c1ccccc1)N1CCOCC1)c1cncc(F)c1.